The number of amides is 2. The second-order valence-electron chi connectivity index (χ2n) is 2.47. The van der Waals surface area contributed by atoms with Crippen molar-refractivity contribution in [3.63, 3.8) is 0 Å². The Balaban J connectivity index is 2.66. The highest BCUT2D eigenvalue weighted by Crippen LogP contribution is 2.20. The second-order valence-corrected chi connectivity index (χ2v) is 2.47. The summed E-state index contributed by atoms with van der Waals surface area (Å²) in [6.07, 6.45) is 2.11. The summed E-state index contributed by atoms with van der Waals surface area (Å²) in [7, 11) is 0. The van der Waals surface area contributed by atoms with Crippen molar-refractivity contribution < 1.29 is 14.8 Å². The van der Waals surface area contributed by atoms with E-state index in [4.69, 9.17) is 5.21 Å². The highest BCUT2D eigenvalue weighted by molar-refractivity contribution is 6.02. The number of hydroxylamine groups is 2. The lowest BCUT2D eigenvalue weighted by Crippen LogP contribution is -2.26. The van der Waals surface area contributed by atoms with Gasteiger partial charge in [0.25, 0.3) is 11.8 Å². The van der Waals surface area contributed by atoms with E-state index in [0.29, 0.717) is 6.42 Å². The Kier molecular flexibility index (Phi) is 2.05. The summed E-state index contributed by atoms with van der Waals surface area (Å²) in [5.74, 6) is -1.44. The largest absolute Gasteiger partial charge is 0.279 e. The summed E-state index contributed by atoms with van der Waals surface area (Å²) in [5, 5.41) is 8.95. The van der Waals surface area contributed by atoms with Crippen LogP contribution in [-0.2, 0) is 9.59 Å². The topological polar surface area (TPSA) is 57.6 Å². The van der Waals surface area contributed by atoms with Crippen molar-refractivity contribution in [2.24, 2.45) is 5.92 Å². The van der Waals surface area contributed by atoms with E-state index in [9.17, 15) is 9.59 Å². The van der Waals surface area contributed by atoms with Crippen molar-refractivity contribution in [1.29, 1.82) is 0 Å². The molecule has 60 valence electrons. The molecule has 1 fully saturated rings. The summed E-state index contributed by atoms with van der Waals surface area (Å²) < 4.78 is 0. The van der Waals surface area contributed by atoms with Crippen LogP contribution in [-0.4, -0.2) is 22.1 Å². The van der Waals surface area contributed by atoms with Gasteiger partial charge in [0.1, 0.15) is 0 Å². The van der Waals surface area contributed by atoms with Crippen LogP contribution in [0.2, 0.25) is 0 Å². The van der Waals surface area contributed by atoms with Crippen LogP contribution in [0, 0.1) is 5.92 Å². The fraction of sp³-hybridized carbons (Fsp3) is 0.429. The number of carbonyl (C=O) groups is 2. The Hall–Kier alpha value is -1.16. The predicted octanol–water partition coefficient (Wildman–Crippen LogP) is 0.327. The zero-order valence-electron chi connectivity index (χ0n) is 5.99. The SMILES string of the molecule is C=CCC1CC(=O)N(O)C1=O. The number of hydrogen-bond acceptors (Lipinski definition) is 3. The molecule has 4 nitrogen and oxygen atoms in total. The van der Waals surface area contributed by atoms with E-state index in [0.717, 1.165) is 0 Å². The second kappa shape index (κ2) is 2.84. The number of nitrogens with zero attached hydrogens (tertiary/aromatic N) is 1. The zero-order valence-corrected chi connectivity index (χ0v) is 5.99. The highest BCUT2D eigenvalue weighted by atomic mass is 16.5. The molecule has 0 aliphatic carbocycles. The molecule has 0 saturated carbocycles. The molecular formula is C7H9NO3. The fourth-order valence-electron chi connectivity index (χ4n) is 1.07. The van der Waals surface area contributed by atoms with E-state index < -0.39 is 17.7 Å². The number of rotatable bonds is 2. The Morgan fingerprint density at radius 3 is 2.73 bits per heavy atom. The molecule has 4 heteroatoms. The monoisotopic (exact) mass is 155 g/mol. The molecule has 1 unspecified atom stereocenters. The van der Waals surface area contributed by atoms with E-state index in [1.165, 1.54) is 0 Å². The molecule has 1 heterocycles. The predicted molar refractivity (Wildman–Crippen MR) is 36.6 cm³/mol. The van der Waals surface area contributed by atoms with Crippen LogP contribution in [0.3, 0.4) is 0 Å². The lowest BCUT2D eigenvalue weighted by molar-refractivity contribution is -0.172. The molecule has 1 atom stereocenters. The van der Waals surface area contributed by atoms with Crippen LogP contribution in [0.25, 0.3) is 0 Å². The molecular weight excluding hydrogens is 146 g/mol. The Labute approximate surface area is 64.1 Å². The summed E-state index contributed by atoms with van der Waals surface area (Å²) in [6.45, 7) is 3.45. The van der Waals surface area contributed by atoms with Gasteiger partial charge in [0, 0.05) is 6.42 Å². The maximum absolute atomic E-state index is 10.9. The first kappa shape index (κ1) is 7.94. The molecule has 0 aromatic rings. The van der Waals surface area contributed by atoms with Gasteiger partial charge < -0.3 is 0 Å². The maximum atomic E-state index is 10.9. The smallest absolute Gasteiger partial charge is 0.257 e. The van der Waals surface area contributed by atoms with Crippen LogP contribution in [0.1, 0.15) is 12.8 Å². The Bertz CT molecular complexity index is 212. The van der Waals surface area contributed by atoms with Crippen molar-refractivity contribution in [2.45, 2.75) is 12.8 Å². The van der Waals surface area contributed by atoms with Gasteiger partial charge in [-0.15, -0.1) is 6.58 Å². The van der Waals surface area contributed by atoms with Gasteiger partial charge in [0.15, 0.2) is 0 Å². The maximum Gasteiger partial charge on any atom is 0.257 e. The van der Waals surface area contributed by atoms with Crippen LogP contribution < -0.4 is 0 Å². The quantitative estimate of drug-likeness (QED) is 0.355. The third-order valence-corrected chi connectivity index (χ3v) is 1.67. The van der Waals surface area contributed by atoms with Gasteiger partial charge in [0.05, 0.1) is 5.92 Å². The molecule has 11 heavy (non-hydrogen) atoms. The minimum atomic E-state index is -0.526. The van der Waals surface area contributed by atoms with Crippen molar-refractivity contribution in [3.8, 4) is 0 Å². The summed E-state index contributed by atoms with van der Waals surface area (Å²) in [6, 6.07) is 0. The van der Waals surface area contributed by atoms with E-state index >= 15 is 0 Å². The van der Waals surface area contributed by atoms with Crippen molar-refractivity contribution in [2.75, 3.05) is 0 Å². The average Bonchev–Trinajstić information content (AvgIpc) is 2.19. The van der Waals surface area contributed by atoms with Crippen molar-refractivity contribution in [3.05, 3.63) is 12.7 Å². The fourth-order valence-corrected chi connectivity index (χ4v) is 1.07. The summed E-state index contributed by atoms with van der Waals surface area (Å²) in [5.41, 5.74) is 0. The molecule has 1 saturated heterocycles. The molecule has 1 rings (SSSR count). The summed E-state index contributed by atoms with van der Waals surface area (Å²) >= 11 is 0. The minimum absolute atomic E-state index is 0.0986. The third-order valence-electron chi connectivity index (χ3n) is 1.67. The molecule has 0 radical (unpaired) electrons. The van der Waals surface area contributed by atoms with Crippen LogP contribution in [0.15, 0.2) is 12.7 Å². The Morgan fingerprint density at radius 2 is 2.36 bits per heavy atom. The standard InChI is InChI=1S/C7H9NO3/c1-2-3-5-4-6(9)8(11)7(5)10/h2,5,11H,1,3-4H2. The molecule has 0 spiro atoms. The van der Waals surface area contributed by atoms with Gasteiger partial charge in [-0.1, -0.05) is 6.08 Å². The molecule has 0 aromatic carbocycles. The molecule has 2 amide bonds. The highest BCUT2D eigenvalue weighted by Gasteiger charge is 2.36. The van der Waals surface area contributed by atoms with Gasteiger partial charge in [0.2, 0.25) is 0 Å². The first-order valence-corrected chi connectivity index (χ1v) is 3.33. The van der Waals surface area contributed by atoms with E-state index in [1.54, 1.807) is 6.08 Å². The van der Waals surface area contributed by atoms with E-state index in [-0.39, 0.29) is 11.5 Å². The molecule has 0 aromatic heterocycles. The number of imide groups is 1. The zero-order chi connectivity index (χ0) is 8.43. The van der Waals surface area contributed by atoms with Crippen molar-refractivity contribution in [1.82, 2.24) is 5.06 Å². The molecule has 1 N–H and O–H groups in total. The molecule has 1 aliphatic rings. The van der Waals surface area contributed by atoms with Crippen molar-refractivity contribution >= 4 is 11.8 Å². The van der Waals surface area contributed by atoms with Gasteiger partial charge in [-0.05, 0) is 6.42 Å². The van der Waals surface area contributed by atoms with Crippen LogP contribution in [0.5, 0.6) is 0 Å². The number of hydrogen-bond donors (Lipinski definition) is 1. The van der Waals surface area contributed by atoms with Gasteiger partial charge in [-0.25, -0.2) is 0 Å². The lowest BCUT2D eigenvalue weighted by atomic mass is 10.0. The van der Waals surface area contributed by atoms with Gasteiger partial charge in [-0.2, -0.15) is 5.06 Å². The van der Waals surface area contributed by atoms with Crippen LogP contribution >= 0.6 is 0 Å². The van der Waals surface area contributed by atoms with Gasteiger partial charge in [-0.3, -0.25) is 14.8 Å². The average molecular weight is 155 g/mol. The Morgan fingerprint density at radius 1 is 1.73 bits per heavy atom. The van der Waals surface area contributed by atoms with E-state index in [2.05, 4.69) is 6.58 Å². The summed E-state index contributed by atoms with van der Waals surface area (Å²) in [4.78, 5) is 21.6. The normalized spacial score (nSPS) is 24.5. The van der Waals surface area contributed by atoms with Crippen LogP contribution in [0.4, 0.5) is 0 Å². The van der Waals surface area contributed by atoms with Gasteiger partial charge >= 0.3 is 0 Å². The van der Waals surface area contributed by atoms with E-state index in [1.807, 2.05) is 0 Å². The third kappa shape index (κ3) is 1.30. The lowest BCUT2D eigenvalue weighted by Gasteiger charge is -2.03. The first-order chi connectivity index (χ1) is 5.16. The number of carbonyl (C=O) groups excluding carboxylic acids is 2. The number of allylic oxidation sites excluding steroid dienone is 1. The first-order valence-electron chi connectivity index (χ1n) is 3.33. The molecule has 0 bridgehead atoms. The molecule has 1 aliphatic heterocycles. The minimum Gasteiger partial charge on any atom is -0.279 e.